The number of hydrogen-bond donors (Lipinski definition) is 2. The molecule has 2 aromatic rings. The summed E-state index contributed by atoms with van der Waals surface area (Å²) in [5.74, 6) is -2.08. The Morgan fingerprint density at radius 1 is 1.24 bits per heavy atom. The summed E-state index contributed by atoms with van der Waals surface area (Å²) >= 11 is 6.94. The predicted octanol–water partition coefficient (Wildman–Crippen LogP) is 2.75. The highest BCUT2D eigenvalue weighted by atomic mass is 35.5. The summed E-state index contributed by atoms with van der Waals surface area (Å²) < 4.78 is 0. The number of amides is 2. The van der Waals surface area contributed by atoms with Gasteiger partial charge in [0, 0.05) is 17.0 Å². The van der Waals surface area contributed by atoms with E-state index in [1.54, 1.807) is 24.3 Å². The minimum atomic E-state index is -1.15. The number of anilines is 1. The molecule has 3 rings (SSSR count). The number of aromatic carboxylic acids is 1. The number of carboxylic acids is 1. The molecular formula is C19H15ClN4O4S. The van der Waals surface area contributed by atoms with Crippen LogP contribution in [0.4, 0.5) is 5.69 Å². The van der Waals surface area contributed by atoms with Crippen molar-refractivity contribution < 1.29 is 19.5 Å². The maximum absolute atomic E-state index is 12.6. The minimum absolute atomic E-state index is 0.0144. The monoisotopic (exact) mass is 430 g/mol. The van der Waals surface area contributed by atoms with Gasteiger partial charge in [0.05, 0.1) is 17.5 Å². The van der Waals surface area contributed by atoms with Crippen molar-refractivity contribution in [1.82, 2.24) is 0 Å². The number of imide groups is 1. The molecule has 0 spiro atoms. The van der Waals surface area contributed by atoms with Crippen molar-refractivity contribution in [2.75, 3.05) is 4.90 Å². The summed E-state index contributed by atoms with van der Waals surface area (Å²) in [4.78, 5) is 37.0. The van der Waals surface area contributed by atoms with Crippen LogP contribution in [0, 0.1) is 0 Å². The minimum Gasteiger partial charge on any atom is -0.478 e. The third kappa shape index (κ3) is 4.82. The largest absolute Gasteiger partial charge is 0.478 e. The van der Waals surface area contributed by atoms with E-state index in [0.29, 0.717) is 10.6 Å². The van der Waals surface area contributed by atoms with E-state index in [-0.39, 0.29) is 22.8 Å². The Bertz CT molecular complexity index is 1040. The van der Waals surface area contributed by atoms with Gasteiger partial charge in [-0.05, 0) is 24.3 Å². The Hall–Kier alpha value is -3.17. The van der Waals surface area contributed by atoms with Crippen molar-refractivity contribution >= 4 is 58.2 Å². The Balaban J connectivity index is 1.70. The van der Waals surface area contributed by atoms with Crippen molar-refractivity contribution in [1.29, 1.82) is 0 Å². The number of carbonyl (C=O) groups is 3. The summed E-state index contributed by atoms with van der Waals surface area (Å²) in [5.41, 5.74) is 6.66. The van der Waals surface area contributed by atoms with Gasteiger partial charge in [-0.2, -0.15) is 5.10 Å². The third-order valence-corrected chi connectivity index (χ3v) is 5.30. The Morgan fingerprint density at radius 2 is 2.00 bits per heavy atom. The Labute approximate surface area is 175 Å². The zero-order valence-corrected chi connectivity index (χ0v) is 16.4. The Kier molecular flexibility index (Phi) is 6.30. The van der Waals surface area contributed by atoms with Gasteiger partial charge in [-0.1, -0.05) is 47.6 Å². The summed E-state index contributed by atoms with van der Waals surface area (Å²) in [6, 6.07) is 12.7. The molecule has 29 heavy (non-hydrogen) atoms. The number of nitrogens with zero attached hydrogens (tertiary/aromatic N) is 3. The lowest BCUT2D eigenvalue weighted by Gasteiger charge is -2.15. The molecule has 0 radical (unpaired) electrons. The van der Waals surface area contributed by atoms with E-state index in [1.807, 2.05) is 0 Å². The molecule has 148 valence electrons. The zero-order valence-electron chi connectivity index (χ0n) is 14.9. The number of nitrogens with two attached hydrogens (primary N) is 1. The topological polar surface area (TPSA) is 125 Å². The number of amidine groups is 1. The van der Waals surface area contributed by atoms with E-state index in [2.05, 4.69) is 10.2 Å². The van der Waals surface area contributed by atoms with E-state index >= 15 is 0 Å². The summed E-state index contributed by atoms with van der Waals surface area (Å²) in [5, 5.41) is 16.5. The summed E-state index contributed by atoms with van der Waals surface area (Å²) in [6.45, 7) is 0. The van der Waals surface area contributed by atoms with Crippen LogP contribution in [0.5, 0.6) is 0 Å². The quantitative estimate of drug-likeness (QED) is 0.325. The summed E-state index contributed by atoms with van der Waals surface area (Å²) in [7, 11) is 0. The van der Waals surface area contributed by atoms with Gasteiger partial charge in [-0.25, -0.2) is 9.69 Å². The molecule has 3 N–H and O–H groups in total. The number of carbonyl (C=O) groups excluding carboxylic acids is 2. The first kappa shape index (κ1) is 20.6. The van der Waals surface area contributed by atoms with E-state index in [1.165, 1.54) is 30.5 Å². The average molecular weight is 431 g/mol. The lowest BCUT2D eigenvalue weighted by molar-refractivity contribution is -0.121. The lowest BCUT2D eigenvalue weighted by atomic mass is 10.2. The molecule has 8 nitrogen and oxygen atoms in total. The number of thioether (sulfide) groups is 1. The molecule has 1 aliphatic rings. The second kappa shape index (κ2) is 8.89. The molecule has 1 atom stereocenters. The molecular weight excluding hydrogens is 416 g/mol. The molecule has 0 aliphatic carbocycles. The van der Waals surface area contributed by atoms with Gasteiger partial charge in [-0.3, -0.25) is 9.59 Å². The molecule has 0 bridgehead atoms. The van der Waals surface area contributed by atoms with Gasteiger partial charge in [0.2, 0.25) is 11.8 Å². The fraction of sp³-hybridized carbons (Fsp3) is 0.105. The number of rotatable bonds is 5. The van der Waals surface area contributed by atoms with Crippen LogP contribution in [0.15, 0.2) is 58.7 Å². The standard InChI is InChI=1S/C19H15ClN4O4S/c20-14-7-2-1-4-12(14)10-22-23-19(21)29-15-9-16(25)24(17(15)26)13-6-3-5-11(8-13)18(27)28/h1-8,10,15H,9H2,(H2,21,23)(H,27,28). The maximum Gasteiger partial charge on any atom is 0.335 e. The SMILES string of the molecule is NC(=NN=Cc1ccccc1Cl)SC1CC(=O)N(c2cccc(C(=O)O)c2)C1=O. The normalized spacial score (nSPS) is 17.3. The van der Waals surface area contributed by atoms with Crippen molar-refractivity contribution in [3.8, 4) is 0 Å². The van der Waals surface area contributed by atoms with Crippen LogP contribution in [0.1, 0.15) is 22.3 Å². The molecule has 1 unspecified atom stereocenters. The second-order valence-electron chi connectivity index (χ2n) is 5.94. The van der Waals surface area contributed by atoms with Crippen LogP contribution < -0.4 is 10.6 Å². The fourth-order valence-corrected chi connectivity index (χ4v) is 3.64. The van der Waals surface area contributed by atoms with Crippen LogP contribution >= 0.6 is 23.4 Å². The van der Waals surface area contributed by atoms with Gasteiger partial charge in [0.15, 0.2) is 5.17 Å². The van der Waals surface area contributed by atoms with E-state index in [0.717, 1.165) is 16.7 Å². The van der Waals surface area contributed by atoms with Crippen molar-refractivity contribution in [2.24, 2.45) is 15.9 Å². The lowest BCUT2D eigenvalue weighted by Crippen LogP contribution is -2.32. The van der Waals surface area contributed by atoms with Crippen molar-refractivity contribution in [3.05, 3.63) is 64.7 Å². The Morgan fingerprint density at radius 3 is 2.72 bits per heavy atom. The first-order valence-corrected chi connectivity index (χ1v) is 9.60. The smallest absolute Gasteiger partial charge is 0.335 e. The highest BCUT2D eigenvalue weighted by Gasteiger charge is 2.40. The van der Waals surface area contributed by atoms with Crippen molar-refractivity contribution in [3.63, 3.8) is 0 Å². The molecule has 2 amide bonds. The van der Waals surface area contributed by atoms with Crippen LogP contribution in [-0.2, 0) is 9.59 Å². The molecule has 1 fully saturated rings. The van der Waals surface area contributed by atoms with Gasteiger partial charge < -0.3 is 10.8 Å². The highest BCUT2D eigenvalue weighted by molar-refractivity contribution is 8.14. The van der Waals surface area contributed by atoms with Gasteiger partial charge in [0.1, 0.15) is 5.25 Å². The van der Waals surface area contributed by atoms with E-state index in [9.17, 15) is 14.4 Å². The molecule has 10 heteroatoms. The van der Waals surface area contributed by atoms with E-state index in [4.69, 9.17) is 22.4 Å². The molecule has 0 saturated carbocycles. The number of carboxylic acid groups (broad SMARTS) is 1. The fourth-order valence-electron chi connectivity index (χ4n) is 2.64. The van der Waals surface area contributed by atoms with Crippen LogP contribution in [0.3, 0.4) is 0 Å². The van der Waals surface area contributed by atoms with Gasteiger partial charge >= 0.3 is 5.97 Å². The number of benzene rings is 2. The van der Waals surface area contributed by atoms with Crippen LogP contribution in [0.2, 0.25) is 5.02 Å². The molecule has 1 heterocycles. The van der Waals surface area contributed by atoms with Crippen LogP contribution in [0.25, 0.3) is 0 Å². The number of hydrogen-bond acceptors (Lipinski definition) is 6. The number of halogens is 1. The van der Waals surface area contributed by atoms with Crippen LogP contribution in [-0.4, -0.2) is 39.5 Å². The summed E-state index contributed by atoms with van der Waals surface area (Å²) in [6.07, 6.45) is 1.35. The molecule has 1 saturated heterocycles. The maximum atomic E-state index is 12.6. The first-order chi connectivity index (χ1) is 13.9. The molecule has 1 aliphatic heterocycles. The molecule has 0 aromatic heterocycles. The van der Waals surface area contributed by atoms with Gasteiger partial charge in [-0.15, -0.1) is 5.10 Å². The third-order valence-electron chi connectivity index (χ3n) is 3.98. The zero-order chi connectivity index (χ0) is 21.0. The first-order valence-electron chi connectivity index (χ1n) is 8.34. The van der Waals surface area contributed by atoms with E-state index < -0.39 is 23.0 Å². The highest BCUT2D eigenvalue weighted by Crippen LogP contribution is 2.30. The predicted molar refractivity (Wildman–Crippen MR) is 113 cm³/mol. The molecule has 2 aromatic carbocycles. The second-order valence-corrected chi connectivity index (χ2v) is 7.57. The van der Waals surface area contributed by atoms with Gasteiger partial charge in [0.25, 0.3) is 0 Å². The van der Waals surface area contributed by atoms with Crippen molar-refractivity contribution in [2.45, 2.75) is 11.7 Å². The average Bonchev–Trinajstić information content (AvgIpc) is 2.96.